The molecule has 1 aliphatic carbocycles. The number of hydrogen-bond donors (Lipinski definition) is 1. The van der Waals surface area contributed by atoms with Gasteiger partial charge in [0.15, 0.2) is 0 Å². The van der Waals surface area contributed by atoms with Gasteiger partial charge in [-0.2, -0.15) is 5.10 Å². The molecule has 1 amide bonds. The standard InChI is InChI=1S/C23H26FN3O2/c1-15(2)14-27-21-7-6-20(11-17(21)13-26-27)29-22-8-5-19(24)10-18(22)12-25-23(28)9-16-3-4-16/h5-8,10-11,13,15-16H,3-4,9,12,14H2,1-2H3,(H,25,28). The zero-order valence-corrected chi connectivity index (χ0v) is 16.8. The molecule has 0 saturated heterocycles. The highest BCUT2D eigenvalue weighted by Gasteiger charge is 2.24. The van der Waals surface area contributed by atoms with Crippen LogP contribution in [-0.2, 0) is 17.9 Å². The van der Waals surface area contributed by atoms with Crippen LogP contribution >= 0.6 is 0 Å². The van der Waals surface area contributed by atoms with Crippen molar-refractivity contribution in [1.29, 1.82) is 0 Å². The summed E-state index contributed by atoms with van der Waals surface area (Å²) in [5.41, 5.74) is 1.67. The average Bonchev–Trinajstić information content (AvgIpc) is 3.41. The number of aromatic nitrogens is 2. The summed E-state index contributed by atoms with van der Waals surface area (Å²) in [6, 6.07) is 10.2. The van der Waals surface area contributed by atoms with Gasteiger partial charge in [-0.3, -0.25) is 9.48 Å². The van der Waals surface area contributed by atoms with Crippen LogP contribution in [0.1, 0.15) is 38.7 Å². The Hall–Kier alpha value is -2.89. The number of rotatable bonds is 8. The number of nitrogens with zero attached hydrogens (tertiary/aromatic N) is 2. The summed E-state index contributed by atoms with van der Waals surface area (Å²) in [6.07, 6.45) is 4.62. The van der Waals surface area contributed by atoms with Gasteiger partial charge < -0.3 is 10.1 Å². The molecule has 0 spiro atoms. The number of halogens is 1. The van der Waals surface area contributed by atoms with E-state index in [-0.39, 0.29) is 18.3 Å². The van der Waals surface area contributed by atoms with Gasteiger partial charge in [0.05, 0.1) is 11.7 Å². The fraction of sp³-hybridized carbons (Fsp3) is 0.391. The van der Waals surface area contributed by atoms with Crippen LogP contribution in [0, 0.1) is 17.7 Å². The summed E-state index contributed by atoms with van der Waals surface area (Å²) in [4.78, 5) is 12.0. The molecule has 0 bridgehead atoms. The van der Waals surface area contributed by atoms with Crippen LogP contribution in [0.5, 0.6) is 11.5 Å². The van der Waals surface area contributed by atoms with Crippen molar-refractivity contribution >= 4 is 16.8 Å². The van der Waals surface area contributed by atoms with Crippen LogP contribution in [0.4, 0.5) is 4.39 Å². The molecule has 1 aliphatic rings. The topological polar surface area (TPSA) is 56.1 Å². The Morgan fingerprint density at radius 3 is 2.86 bits per heavy atom. The van der Waals surface area contributed by atoms with Crippen LogP contribution < -0.4 is 10.1 Å². The predicted molar refractivity (Wildman–Crippen MR) is 110 cm³/mol. The van der Waals surface area contributed by atoms with E-state index >= 15 is 0 Å². The number of carbonyl (C=O) groups is 1. The molecule has 0 aliphatic heterocycles. The number of amides is 1. The van der Waals surface area contributed by atoms with Gasteiger partial charge >= 0.3 is 0 Å². The third-order valence-electron chi connectivity index (χ3n) is 5.05. The minimum atomic E-state index is -0.353. The zero-order valence-electron chi connectivity index (χ0n) is 16.8. The Balaban J connectivity index is 1.50. The van der Waals surface area contributed by atoms with E-state index in [2.05, 4.69) is 24.3 Å². The van der Waals surface area contributed by atoms with Crippen molar-refractivity contribution in [3.8, 4) is 11.5 Å². The van der Waals surface area contributed by atoms with Crippen LogP contribution in [0.25, 0.3) is 10.9 Å². The first-order valence-electron chi connectivity index (χ1n) is 10.2. The fourth-order valence-electron chi connectivity index (χ4n) is 3.38. The zero-order chi connectivity index (χ0) is 20.4. The summed E-state index contributed by atoms with van der Waals surface area (Å²) < 4.78 is 21.8. The predicted octanol–water partition coefficient (Wildman–Crippen LogP) is 5.04. The van der Waals surface area contributed by atoms with Crippen LogP contribution in [-0.4, -0.2) is 15.7 Å². The van der Waals surface area contributed by atoms with Crippen molar-refractivity contribution in [2.75, 3.05) is 0 Å². The molecule has 1 heterocycles. The van der Waals surface area contributed by atoms with E-state index in [1.165, 1.54) is 12.1 Å². The molecule has 4 rings (SSSR count). The lowest BCUT2D eigenvalue weighted by Crippen LogP contribution is -2.23. The molecule has 0 unspecified atom stereocenters. The Morgan fingerprint density at radius 2 is 2.10 bits per heavy atom. The first-order valence-corrected chi connectivity index (χ1v) is 10.2. The summed E-state index contributed by atoms with van der Waals surface area (Å²) in [5.74, 6) is 1.86. The van der Waals surface area contributed by atoms with E-state index in [4.69, 9.17) is 4.74 Å². The Bertz CT molecular complexity index is 1020. The van der Waals surface area contributed by atoms with Crippen LogP contribution in [0.2, 0.25) is 0 Å². The number of carbonyl (C=O) groups excluding carboxylic acids is 1. The molecule has 1 saturated carbocycles. The molecule has 29 heavy (non-hydrogen) atoms. The molecule has 5 nitrogen and oxygen atoms in total. The van der Waals surface area contributed by atoms with Gasteiger partial charge in [-0.1, -0.05) is 13.8 Å². The van der Waals surface area contributed by atoms with Crippen molar-refractivity contribution in [3.63, 3.8) is 0 Å². The first kappa shape index (κ1) is 19.4. The van der Waals surface area contributed by atoms with Gasteiger partial charge in [0.25, 0.3) is 0 Å². The van der Waals surface area contributed by atoms with Gasteiger partial charge in [0.1, 0.15) is 17.3 Å². The van der Waals surface area contributed by atoms with Crippen molar-refractivity contribution in [2.45, 2.75) is 46.2 Å². The highest BCUT2D eigenvalue weighted by Crippen LogP contribution is 2.32. The summed E-state index contributed by atoms with van der Waals surface area (Å²) in [7, 11) is 0. The van der Waals surface area contributed by atoms with Crippen molar-refractivity contribution < 1.29 is 13.9 Å². The quantitative estimate of drug-likeness (QED) is 0.581. The van der Waals surface area contributed by atoms with Gasteiger partial charge in [-0.15, -0.1) is 0 Å². The van der Waals surface area contributed by atoms with Crippen molar-refractivity contribution in [1.82, 2.24) is 15.1 Å². The summed E-state index contributed by atoms with van der Waals surface area (Å²) in [6.45, 7) is 5.41. The molecule has 152 valence electrons. The Morgan fingerprint density at radius 1 is 1.28 bits per heavy atom. The summed E-state index contributed by atoms with van der Waals surface area (Å²) >= 11 is 0. The molecule has 1 N–H and O–H groups in total. The lowest BCUT2D eigenvalue weighted by Gasteiger charge is -2.13. The third-order valence-corrected chi connectivity index (χ3v) is 5.05. The maximum atomic E-state index is 13.8. The van der Waals surface area contributed by atoms with E-state index in [1.807, 2.05) is 29.1 Å². The maximum absolute atomic E-state index is 13.8. The van der Waals surface area contributed by atoms with E-state index < -0.39 is 0 Å². The van der Waals surface area contributed by atoms with E-state index in [9.17, 15) is 9.18 Å². The van der Waals surface area contributed by atoms with Crippen LogP contribution in [0.3, 0.4) is 0 Å². The fourth-order valence-corrected chi connectivity index (χ4v) is 3.38. The third kappa shape index (κ3) is 4.94. The van der Waals surface area contributed by atoms with Crippen LogP contribution in [0.15, 0.2) is 42.6 Å². The molecule has 3 aromatic rings. The number of nitrogens with one attached hydrogen (secondary N) is 1. The highest BCUT2D eigenvalue weighted by molar-refractivity contribution is 5.80. The van der Waals surface area contributed by atoms with Gasteiger partial charge in [0.2, 0.25) is 5.91 Å². The molecule has 1 aromatic heterocycles. The molecule has 1 fully saturated rings. The molecule has 0 radical (unpaired) electrons. The van der Waals surface area contributed by atoms with Gasteiger partial charge in [0, 0.05) is 30.5 Å². The minimum Gasteiger partial charge on any atom is -0.457 e. The normalized spacial score (nSPS) is 13.8. The molecular weight excluding hydrogens is 369 g/mol. The minimum absolute atomic E-state index is 0.00157. The van der Waals surface area contributed by atoms with E-state index in [0.717, 1.165) is 30.3 Å². The lowest BCUT2D eigenvalue weighted by atomic mass is 10.1. The first-order chi connectivity index (χ1) is 14.0. The largest absolute Gasteiger partial charge is 0.457 e. The smallest absolute Gasteiger partial charge is 0.220 e. The average molecular weight is 395 g/mol. The number of benzene rings is 2. The monoisotopic (exact) mass is 395 g/mol. The highest BCUT2D eigenvalue weighted by atomic mass is 19.1. The molecule has 2 aromatic carbocycles. The number of ether oxygens (including phenoxy) is 1. The number of hydrogen-bond acceptors (Lipinski definition) is 3. The Labute approximate surface area is 169 Å². The van der Waals surface area contributed by atoms with Gasteiger partial charge in [-0.25, -0.2) is 4.39 Å². The summed E-state index contributed by atoms with van der Waals surface area (Å²) in [5, 5.41) is 8.32. The van der Waals surface area contributed by atoms with Crippen molar-refractivity contribution in [3.05, 3.63) is 54.0 Å². The SMILES string of the molecule is CC(C)Cn1ncc2cc(Oc3ccc(F)cc3CNC(=O)CC3CC3)ccc21. The maximum Gasteiger partial charge on any atom is 0.220 e. The van der Waals surface area contributed by atoms with E-state index in [1.54, 1.807) is 6.07 Å². The Kier molecular flexibility index (Phi) is 5.51. The van der Waals surface area contributed by atoms with E-state index in [0.29, 0.717) is 35.3 Å². The lowest BCUT2D eigenvalue weighted by molar-refractivity contribution is -0.121. The van der Waals surface area contributed by atoms with Gasteiger partial charge in [-0.05, 0) is 61.1 Å². The number of fused-ring (bicyclic) bond motifs is 1. The second kappa shape index (κ2) is 8.23. The molecular formula is C23H26FN3O2. The molecule has 6 heteroatoms. The van der Waals surface area contributed by atoms with Crippen molar-refractivity contribution in [2.24, 2.45) is 11.8 Å². The second-order valence-electron chi connectivity index (χ2n) is 8.22. The molecule has 0 atom stereocenters. The second-order valence-corrected chi connectivity index (χ2v) is 8.22.